The number of methoxy groups -OCH3 is 1. The molecule has 7 nitrogen and oxygen atoms in total. The number of tetrazole rings is 1. The van der Waals surface area contributed by atoms with E-state index in [1.54, 1.807) is 7.11 Å². The van der Waals surface area contributed by atoms with E-state index < -0.39 is 0 Å². The average Bonchev–Trinajstić information content (AvgIpc) is 3.15. The fraction of sp³-hybridized carbons (Fsp3) is 0.650. The van der Waals surface area contributed by atoms with Crippen LogP contribution in [0, 0.1) is 13.8 Å². The molecule has 3 rings (SSSR count). The predicted molar refractivity (Wildman–Crippen MR) is 107 cm³/mol. The van der Waals surface area contributed by atoms with E-state index in [2.05, 4.69) is 64.3 Å². The smallest absolute Gasteiger partial charge is 0.168 e. The number of piperazine rings is 1. The summed E-state index contributed by atoms with van der Waals surface area (Å²) in [5, 5.41) is 12.5. The molecule has 1 aliphatic heterocycles. The number of anilines is 1. The molecule has 0 spiro atoms. The fourth-order valence-electron chi connectivity index (χ4n) is 3.89. The summed E-state index contributed by atoms with van der Waals surface area (Å²) in [5.74, 6) is 0.967. The first kappa shape index (κ1) is 19.8. The molecule has 0 unspecified atom stereocenters. The lowest BCUT2D eigenvalue weighted by Crippen LogP contribution is -2.48. The molecule has 0 N–H and O–H groups in total. The molecule has 2 aromatic rings. The van der Waals surface area contributed by atoms with Crippen LogP contribution in [-0.2, 0) is 11.3 Å². The molecule has 0 aliphatic carbocycles. The number of rotatable bonds is 8. The minimum absolute atomic E-state index is 0.266. The van der Waals surface area contributed by atoms with Crippen LogP contribution < -0.4 is 4.90 Å². The molecular formula is C20H32N6O. The highest BCUT2D eigenvalue weighted by Gasteiger charge is 2.29. The van der Waals surface area contributed by atoms with Crippen LogP contribution in [0.15, 0.2) is 18.2 Å². The Hall–Kier alpha value is -1.99. The first-order valence-electron chi connectivity index (χ1n) is 9.96. The van der Waals surface area contributed by atoms with E-state index in [1.807, 2.05) is 4.68 Å². The molecule has 0 amide bonds. The van der Waals surface area contributed by atoms with Crippen LogP contribution in [-0.4, -0.2) is 65.0 Å². The third-order valence-corrected chi connectivity index (χ3v) is 5.60. The van der Waals surface area contributed by atoms with E-state index >= 15 is 0 Å². The van der Waals surface area contributed by atoms with Gasteiger partial charge < -0.3 is 9.64 Å². The maximum Gasteiger partial charge on any atom is 0.168 e. The van der Waals surface area contributed by atoms with Crippen LogP contribution in [0.3, 0.4) is 0 Å². The van der Waals surface area contributed by atoms with Crippen LogP contribution in [0.5, 0.6) is 0 Å². The number of aromatic nitrogens is 4. The van der Waals surface area contributed by atoms with E-state index in [-0.39, 0.29) is 6.04 Å². The Morgan fingerprint density at radius 2 is 1.93 bits per heavy atom. The molecule has 0 radical (unpaired) electrons. The molecule has 0 saturated carbocycles. The number of benzene rings is 1. The molecule has 1 saturated heterocycles. The van der Waals surface area contributed by atoms with Gasteiger partial charge >= 0.3 is 0 Å². The summed E-state index contributed by atoms with van der Waals surface area (Å²) in [6.07, 6.45) is 2.18. The van der Waals surface area contributed by atoms with Crippen LogP contribution >= 0.6 is 0 Å². The summed E-state index contributed by atoms with van der Waals surface area (Å²) in [6, 6.07) is 6.86. The van der Waals surface area contributed by atoms with E-state index in [0.717, 1.165) is 44.8 Å². The van der Waals surface area contributed by atoms with Gasteiger partial charge in [0.05, 0.1) is 19.2 Å². The maximum absolute atomic E-state index is 5.20. The molecule has 1 aromatic carbocycles. The van der Waals surface area contributed by atoms with Gasteiger partial charge in [0.2, 0.25) is 0 Å². The zero-order valence-corrected chi connectivity index (χ0v) is 17.1. The number of ether oxygens (including phenoxy) is 1. The van der Waals surface area contributed by atoms with Gasteiger partial charge in [0.1, 0.15) is 0 Å². The zero-order chi connectivity index (χ0) is 19.2. The Morgan fingerprint density at radius 3 is 2.63 bits per heavy atom. The second-order valence-corrected chi connectivity index (χ2v) is 7.30. The van der Waals surface area contributed by atoms with Gasteiger partial charge in [0.15, 0.2) is 5.82 Å². The number of hydrogen-bond acceptors (Lipinski definition) is 6. The van der Waals surface area contributed by atoms with Gasteiger partial charge in [-0.1, -0.05) is 25.5 Å². The highest BCUT2D eigenvalue weighted by molar-refractivity contribution is 5.56. The summed E-state index contributed by atoms with van der Waals surface area (Å²) in [5.41, 5.74) is 4.11. The van der Waals surface area contributed by atoms with Crippen molar-refractivity contribution in [2.75, 3.05) is 44.8 Å². The summed E-state index contributed by atoms with van der Waals surface area (Å²) in [6.45, 7) is 12.1. The van der Waals surface area contributed by atoms with Gasteiger partial charge in [0.25, 0.3) is 0 Å². The monoisotopic (exact) mass is 372 g/mol. The number of aryl methyl sites for hydroxylation is 1. The van der Waals surface area contributed by atoms with Crippen molar-refractivity contribution < 1.29 is 4.74 Å². The van der Waals surface area contributed by atoms with Crippen molar-refractivity contribution in [3.8, 4) is 0 Å². The molecule has 148 valence electrons. The quantitative estimate of drug-likeness (QED) is 0.710. The van der Waals surface area contributed by atoms with Crippen molar-refractivity contribution in [1.29, 1.82) is 0 Å². The van der Waals surface area contributed by atoms with Crippen molar-refractivity contribution >= 4 is 5.69 Å². The van der Waals surface area contributed by atoms with Crippen molar-refractivity contribution in [2.45, 2.75) is 46.2 Å². The average molecular weight is 373 g/mol. The Kier molecular flexibility index (Phi) is 6.79. The van der Waals surface area contributed by atoms with Crippen molar-refractivity contribution in [3.63, 3.8) is 0 Å². The van der Waals surface area contributed by atoms with E-state index in [0.29, 0.717) is 13.2 Å². The number of nitrogens with zero attached hydrogens (tertiary/aromatic N) is 6. The van der Waals surface area contributed by atoms with Gasteiger partial charge in [-0.25, -0.2) is 4.68 Å². The van der Waals surface area contributed by atoms with Gasteiger partial charge in [-0.05, 0) is 47.9 Å². The Bertz CT molecular complexity index is 723. The van der Waals surface area contributed by atoms with E-state index in [1.165, 1.54) is 16.8 Å². The highest BCUT2D eigenvalue weighted by Crippen LogP contribution is 2.28. The third kappa shape index (κ3) is 4.47. The predicted octanol–water partition coefficient (Wildman–Crippen LogP) is 2.60. The first-order chi connectivity index (χ1) is 13.2. The Morgan fingerprint density at radius 1 is 1.15 bits per heavy atom. The molecule has 1 atom stereocenters. The normalized spacial score (nSPS) is 16.7. The van der Waals surface area contributed by atoms with Crippen LogP contribution in [0.1, 0.15) is 42.8 Å². The van der Waals surface area contributed by atoms with Crippen LogP contribution in [0.2, 0.25) is 0 Å². The third-order valence-electron chi connectivity index (χ3n) is 5.60. The van der Waals surface area contributed by atoms with Gasteiger partial charge in [-0.2, -0.15) is 0 Å². The summed E-state index contributed by atoms with van der Waals surface area (Å²) in [4.78, 5) is 5.05. The van der Waals surface area contributed by atoms with Gasteiger partial charge in [-0.15, -0.1) is 5.10 Å². The molecule has 1 aliphatic rings. The van der Waals surface area contributed by atoms with Gasteiger partial charge in [0, 0.05) is 39.0 Å². The van der Waals surface area contributed by atoms with Crippen molar-refractivity contribution in [2.24, 2.45) is 0 Å². The second kappa shape index (κ2) is 9.28. The summed E-state index contributed by atoms with van der Waals surface area (Å²) >= 11 is 0. The Labute approximate surface area is 162 Å². The standard InChI is InChI=1S/C20H32N6O/c1-5-7-19(20-21-22-23-26(20)14-15-27-4)25-12-10-24(11-13-25)18-9-6-8-16(2)17(18)3/h6,8-9,19H,5,7,10-15H2,1-4H3/t19-/m0/s1. The zero-order valence-electron chi connectivity index (χ0n) is 17.1. The Balaban J connectivity index is 1.70. The number of hydrogen-bond donors (Lipinski definition) is 0. The highest BCUT2D eigenvalue weighted by atomic mass is 16.5. The molecule has 7 heteroatoms. The van der Waals surface area contributed by atoms with E-state index in [9.17, 15) is 0 Å². The fourth-order valence-corrected chi connectivity index (χ4v) is 3.89. The van der Waals surface area contributed by atoms with Crippen LogP contribution in [0.25, 0.3) is 0 Å². The molecule has 0 bridgehead atoms. The van der Waals surface area contributed by atoms with Crippen molar-refractivity contribution in [3.05, 3.63) is 35.2 Å². The SMILES string of the molecule is CCC[C@@H](c1nnnn1CCOC)N1CCN(c2cccc(C)c2C)CC1. The van der Waals surface area contributed by atoms with Crippen molar-refractivity contribution in [1.82, 2.24) is 25.1 Å². The largest absolute Gasteiger partial charge is 0.383 e. The van der Waals surface area contributed by atoms with Gasteiger partial charge in [-0.3, -0.25) is 4.90 Å². The summed E-state index contributed by atoms with van der Waals surface area (Å²) < 4.78 is 7.11. The molecule has 2 heterocycles. The molecule has 1 aromatic heterocycles. The lowest BCUT2D eigenvalue weighted by molar-refractivity contribution is 0.153. The van der Waals surface area contributed by atoms with Crippen LogP contribution in [0.4, 0.5) is 5.69 Å². The lowest BCUT2D eigenvalue weighted by atomic mass is 10.1. The topological polar surface area (TPSA) is 59.3 Å². The molecule has 27 heavy (non-hydrogen) atoms. The minimum atomic E-state index is 0.266. The maximum atomic E-state index is 5.20. The second-order valence-electron chi connectivity index (χ2n) is 7.30. The first-order valence-corrected chi connectivity index (χ1v) is 9.96. The minimum Gasteiger partial charge on any atom is -0.383 e. The molecular weight excluding hydrogens is 340 g/mol. The van der Waals surface area contributed by atoms with E-state index in [4.69, 9.17) is 4.74 Å². The summed E-state index contributed by atoms with van der Waals surface area (Å²) in [7, 11) is 1.71. The lowest BCUT2D eigenvalue weighted by Gasteiger charge is -2.40. The molecule has 1 fully saturated rings.